The summed E-state index contributed by atoms with van der Waals surface area (Å²) in [6, 6.07) is 4.25. The Bertz CT molecular complexity index is 430. The predicted octanol–water partition coefficient (Wildman–Crippen LogP) is 5.02. The normalized spacial score (nSPS) is 17.5. The van der Waals surface area contributed by atoms with Crippen molar-refractivity contribution in [2.45, 2.75) is 19.0 Å². The van der Waals surface area contributed by atoms with E-state index < -0.39 is 11.7 Å². The average Bonchev–Trinajstić information content (AvgIpc) is 2.37. The number of thioether (sulfide) groups is 1. The van der Waals surface area contributed by atoms with E-state index in [9.17, 15) is 13.2 Å². The Morgan fingerprint density at radius 3 is 2.58 bits per heavy atom. The van der Waals surface area contributed by atoms with Crippen LogP contribution in [-0.2, 0) is 6.18 Å². The Balaban J connectivity index is 2.06. The lowest BCUT2D eigenvalue weighted by Crippen LogP contribution is -2.20. The highest BCUT2D eigenvalue weighted by atomic mass is 79.9. The van der Waals surface area contributed by atoms with Crippen molar-refractivity contribution >= 4 is 33.4 Å². The Morgan fingerprint density at radius 2 is 1.95 bits per heavy atom. The summed E-state index contributed by atoms with van der Waals surface area (Å²) < 4.78 is 39.2. The van der Waals surface area contributed by atoms with Crippen LogP contribution >= 0.6 is 27.7 Å². The molecule has 1 aromatic rings. The molecule has 0 atom stereocenters. The molecule has 1 fully saturated rings. The second-order valence-electron chi connectivity index (χ2n) is 4.62. The Labute approximate surface area is 123 Å². The monoisotopic (exact) mass is 353 g/mol. The van der Waals surface area contributed by atoms with Gasteiger partial charge in [-0.05, 0) is 48.5 Å². The van der Waals surface area contributed by atoms with E-state index in [-0.39, 0.29) is 5.69 Å². The van der Waals surface area contributed by atoms with Crippen LogP contribution in [0.2, 0.25) is 0 Å². The Hall–Kier alpha value is -0.360. The van der Waals surface area contributed by atoms with Crippen molar-refractivity contribution in [3.63, 3.8) is 0 Å². The van der Waals surface area contributed by atoms with E-state index in [0.29, 0.717) is 16.9 Å². The summed E-state index contributed by atoms with van der Waals surface area (Å²) in [7, 11) is 0. The van der Waals surface area contributed by atoms with E-state index in [1.54, 1.807) is 6.07 Å². The molecule has 1 aromatic carbocycles. The summed E-state index contributed by atoms with van der Waals surface area (Å²) in [5.74, 6) is 2.70. The maximum atomic E-state index is 12.9. The van der Waals surface area contributed by atoms with Crippen molar-refractivity contribution in [1.29, 1.82) is 0 Å². The number of nitrogens with one attached hydrogen (secondary N) is 1. The van der Waals surface area contributed by atoms with E-state index in [1.807, 2.05) is 11.8 Å². The summed E-state index contributed by atoms with van der Waals surface area (Å²) in [6.45, 7) is 0.616. The van der Waals surface area contributed by atoms with E-state index in [2.05, 4.69) is 21.2 Å². The number of hydrogen-bond acceptors (Lipinski definition) is 2. The smallest absolute Gasteiger partial charge is 0.384 e. The van der Waals surface area contributed by atoms with E-state index in [4.69, 9.17) is 0 Å². The maximum absolute atomic E-state index is 12.9. The average molecular weight is 354 g/mol. The highest BCUT2D eigenvalue weighted by molar-refractivity contribution is 9.10. The Morgan fingerprint density at radius 1 is 1.26 bits per heavy atom. The molecule has 0 unspecified atom stereocenters. The lowest BCUT2D eigenvalue weighted by atomic mass is 10.0. The van der Waals surface area contributed by atoms with E-state index in [0.717, 1.165) is 30.4 Å². The zero-order valence-corrected chi connectivity index (χ0v) is 12.7. The summed E-state index contributed by atoms with van der Waals surface area (Å²) in [6.07, 6.45) is -2.17. The van der Waals surface area contributed by atoms with Gasteiger partial charge >= 0.3 is 6.18 Å². The first kappa shape index (κ1) is 15.0. The first-order valence-electron chi connectivity index (χ1n) is 6.15. The van der Waals surface area contributed by atoms with Crippen LogP contribution in [0.25, 0.3) is 0 Å². The minimum absolute atomic E-state index is 0.175. The van der Waals surface area contributed by atoms with Crippen LogP contribution in [0.1, 0.15) is 18.4 Å². The number of hydrogen-bond donors (Lipinski definition) is 1. The molecule has 1 nitrogen and oxygen atoms in total. The van der Waals surface area contributed by atoms with Crippen molar-refractivity contribution in [3.05, 3.63) is 28.2 Å². The molecule has 1 N–H and O–H groups in total. The first-order valence-corrected chi connectivity index (χ1v) is 8.10. The van der Waals surface area contributed by atoms with Crippen LogP contribution in [0.15, 0.2) is 22.7 Å². The molecule has 19 heavy (non-hydrogen) atoms. The van der Waals surface area contributed by atoms with Crippen molar-refractivity contribution in [2.24, 2.45) is 5.92 Å². The number of anilines is 1. The quantitative estimate of drug-likeness (QED) is 0.818. The SMILES string of the molecule is FC(F)(F)c1cc(Br)ccc1NCC1CCSCC1. The maximum Gasteiger partial charge on any atom is 0.418 e. The van der Waals surface area contributed by atoms with E-state index >= 15 is 0 Å². The minimum Gasteiger partial charge on any atom is -0.384 e. The Kier molecular flexibility index (Phi) is 5.06. The number of halogens is 4. The van der Waals surface area contributed by atoms with Crippen molar-refractivity contribution < 1.29 is 13.2 Å². The molecule has 6 heteroatoms. The van der Waals surface area contributed by atoms with Crippen molar-refractivity contribution in [3.8, 4) is 0 Å². The molecule has 1 heterocycles. The summed E-state index contributed by atoms with van der Waals surface area (Å²) in [5.41, 5.74) is -0.430. The predicted molar refractivity (Wildman–Crippen MR) is 77.7 cm³/mol. The molecule has 0 spiro atoms. The largest absolute Gasteiger partial charge is 0.418 e. The molecule has 106 valence electrons. The van der Waals surface area contributed by atoms with Gasteiger partial charge in [0.1, 0.15) is 0 Å². The van der Waals surface area contributed by atoms with Gasteiger partial charge in [0.05, 0.1) is 5.56 Å². The molecule has 2 rings (SSSR count). The number of benzene rings is 1. The zero-order valence-electron chi connectivity index (χ0n) is 10.3. The second-order valence-corrected chi connectivity index (χ2v) is 6.76. The third kappa shape index (κ3) is 4.31. The van der Waals surface area contributed by atoms with Crippen LogP contribution < -0.4 is 5.32 Å². The van der Waals surface area contributed by atoms with Gasteiger partial charge in [0, 0.05) is 16.7 Å². The standard InChI is InChI=1S/C13H15BrF3NS/c14-10-1-2-12(11(7-10)13(15,16)17)18-8-9-3-5-19-6-4-9/h1-2,7,9,18H,3-6,8H2. The lowest BCUT2D eigenvalue weighted by Gasteiger charge is -2.23. The molecule has 1 saturated heterocycles. The van der Waals surface area contributed by atoms with Gasteiger partial charge in [0.25, 0.3) is 0 Å². The topological polar surface area (TPSA) is 12.0 Å². The van der Waals surface area contributed by atoms with Gasteiger partial charge in [-0.2, -0.15) is 24.9 Å². The fourth-order valence-electron chi connectivity index (χ4n) is 2.11. The molecule has 0 bridgehead atoms. The summed E-state index contributed by atoms with van der Waals surface area (Å²) >= 11 is 5.00. The van der Waals surface area contributed by atoms with Gasteiger partial charge in [-0.25, -0.2) is 0 Å². The van der Waals surface area contributed by atoms with Gasteiger partial charge in [0.15, 0.2) is 0 Å². The fourth-order valence-corrected chi connectivity index (χ4v) is 3.68. The molecule has 0 aliphatic carbocycles. The third-order valence-electron chi connectivity index (χ3n) is 3.21. The van der Waals surface area contributed by atoms with E-state index in [1.165, 1.54) is 6.07 Å². The summed E-state index contributed by atoms with van der Waals surface area (Å²) in [4.78, 5) is 0. The zero-order chi connectivity index (χ0) is 13.9. The number of alkyl halides is 3. The van der Waals surface area contributed by atoms with Crippen LogP contribution in [-0.4, -0.2) is 18.1 Å². The van der Waals surface area contributed by atoms with Gasteiger partial charge in [-0.15, -0.1) is 0 Å². The molecule has 1 aliphatic rings. The van der Waals surface area contributed by atoms with Gasteiger partial charge in [0.2, 0.25) is 0 Å². The molecule has 0 aromatic heterocycles. The molecule has 0 radical (unpaired) electrons. The van der Waals surface area contributed by atoms with Gasteiger partial charge < -0.3 is 5.32 Å². The highest BCUT2D eigenvalue weighted by Crippen LogP contribution is 2.37. The van der Waals surface area contributed by atoms with Gasteiger partial charge in [-0.3, -0.25) is 0 Å². The lowest BCUT2D eigenvalue weighted by molar-refractivity contribution is -0.137. The fraction of sp³-hybridized carbons (Fsp3) is 0.538. The van der Waals surface area contributed by atoms with Gasteiger partial charge in [-0.1, -0.05) is 15.9 Å². The molecule has 0 amide bonds. The molecule has 1 aliphatic heterocycles. The highest BCUT2D eigenvalue weighted by Gasteiger charge is 2.33. The minimum atomic E-state index is -4.32. The number of rotatable bonds is 3. The first-order chi connectivity index (χ1) is 8.97. The van der Waals surface area contributed by atoms with Crippen LogP contribution in [0, 0.1) is 5.92 Å². The second kappa shape index (κ2) is 6.39. The molecular weight excluding hydrogens is 339 g/mol. The van der Waals surface area contributed by atoms with Crippen molar-refractivity contribution in [2.75, 3.05) is 23.4 Å². The summed E-state index contributed by atoms with van der Waals surface area (Å²) in [5, 5.41) is 2.97. The molecule has 0 saturated carbocycles. The van der Waals surface area contributed by atoms with Crippen LogP contribution in [0.5, 0.6) is 0 Å². The van der Waals surface area contributed by atoms with Crippen LogP contribution in [0.4, 0.5) is 18.9 Å². The van der Waals surface area contributed by atoms with Crippen molar-refractivity contribution in [1.82, 2.24) is 0 Å². The molecular formula is C13H15BrF3NS. The third-order valence-corrected chi connectivity index (χ3v) is 4.75. The van der Waals surface area contributed by atoms with Crippen LogP contribution in [0.3, 0.4) is 0 Å².